The number of likely N-dealkylation sites (tertiary alicyclic amines) is 3. The van der Waals surface area contributed by atoms with Crippen LogP contribution in [-0.2, 0) is 25.5 Å². The van der Waals surface area contributed by atoms with Gasteiger partial charge in [0, 0.05) is 86.5 Å². The number of aliphatic imine (C=N–C) groups is 2. The molecule has 1 aliphatic carbocycles. The number of allylic oxidation sites excluding steroid dienone is 2. The van der Waals surface area contributed by atoms with Crippen molar-refractivity contribution in [2.24, 2.45) is 21.8 Å². The van der Waals surface area contributed by atoms with Gasteiger partial charge in [0.1, 0.15) is 29.4 Å². The smallest absolute Gasteiger partial charge is 0.407 e. The number of amides is 3. The molecule has 9 aliphatic rings. The number of fused-ring (bicyclic) bond motifs is 7. The molecule has 1 saturated carbocycles. The number of rotatable bonds is 11. The first-order valence-electron chi connectivity index (χ1n) is 27.5. The minimum atomic E-state index is -0.734. The van der Waals surface area contributed by atoms with Crippen LogP contribution in [0.25, 0.3) is 33.3 Å². The Morgan fingerprint density at radius 1 is 0.776 bits per heavy atom. The number of alkyl carbamates (subject to hydrolysis) is 1. The lowest BCUT2D eigenvalue weighted by atomic mass is 9.90. The summed E-state index contributed by atoms with van der Waals surface area (Å²) in [7, 11) is 1.31. The highest BCUT2D eigenvalue weighted by Crippen LogP contribution is 2.52. The zero-order valence-electron chi connectivity index (χ0n) is 42.8. The van der Waals surface area contributed by atoms with Gasteiger partial charge in [0.05, 0.1) is 42.6 Å². The lowest BCUT2D eigenvalue weighted by Crippen LogP contribution is -2.55. The van der Waals surface area contributed by atoms with Crippen molar-refractivity contribution in [1.82, 2.24) is 24.6 Å². The zero-order chi connectivity index (χ0) is 51.2. The Morgan fingerprint density at radius 3 is 2.37 bits per heavy atom. The van der Waals surface area contributed by atoms with Gasteiger partial charge in [-0.2, -0.15) is 0 Å². The van der Waals surface area contributed by atoms with E-state index in [-0.39, 0.29) is 41.9 Å². The number of halogens is 1. The number of carbonyl (C=O) groups is 3. The van der Waals surface area contributed by atoms with E-state index in [4.69, 9.17) is 28.9 Å². The third kappa shape index (κ3) is 8.23. The Bertz CT molecular complexity index is 3320. The van der Waals surface area contributed by atoms with E-state index in [9.17, 15) is 14.4 Å². The number of hydrogen-bond donors (Lipinski definition) is 1. The molecule has 1 unspecified atom stereocenters. The highest BCUT2D eigenvalue weighted by molar-refractivity contribution is 6.06. The molecule has 14 nitrogen and oxygen atoms in total. The Hall–Kier alpha value is -7.10. The van der Waals surface area contributed by atoms with Gasteiger partial charge in [0.15, 0.2) is 0 Å². The summed E-state index contributed by atoms with van der Waals surface area (Å²) in [5.74, 6) is 1.39. The molecule has 7 atom stereocenters. The molecule has 5 aromatic rings. The Kier molecular flexibility index (Phi) is 11.9. The third-order valence-corrected chi connectivity index (χ3v) is 17.8. The number of ether oxygens (including phenoxy) is 4. The van der Waals surface area contributed by atoms with Crippen molar-refractivity contribution in [3.63, 3.8) is 0 Å². The van der Waals surface area contributed by atoms with Gasteiger partial charge in [0.2, 0.25) is 18.0 Å². The van der Waals surface area contributed by atoms with Gasteiger partial charge in [0.25, 0.3) is 0 Å². The number of aryl methyl sites for hydroxylation is 1. The molecule has 390 valence electrons. The van der Waals surface area contributed by atoms with Gasteiger partial charge >= 0.3 is 6.09 Å². The third-order valence-electron chi connectivity index (χ3n) is 17.8. The van der Waals surface area contributed by atoms with Gasteiger partial charge in [-0.05, 0) is 139 Å². The lowest BCUT2D eigenvalue weighted by Gasteiger charge is -2.41. The molecule has 4 saturated heterocycles. The van der Waals surface area contributed by atoms with E-state index in [1.807, 2.05) is 35.4 Å². The number of carbonyl (C=O) groups excluding carboxylic acids is 3. The van der Waals surface area contributed by atoms with Crippen molar-refractivity contribution in [3.8, 4) is 22.8 Å². The van der Waals surface area contributed by atoms with Crippen molar-refractivity contribution >= 4 is 51.4 Å². The highest BCUT2D eigenvalue weighted by Gasteiger charge is 2.57. The number of aromatic nitrogens is 1. The van der Waals surface area contributed by atoms with E-state index in [2.05, 4.69) is 74.3 Å². The first-order chi connectivity index (χ1) is 37.3. The maximum absolute atomic E-state index is 17.2. The average molecular weight is 1020 g/mol. The van der Waals surface area contributed by atoms with Crippen molar-refractivity contribution in [2.75, 3.05) is 46.6 Å². The molecule has 8 aliphatic heterocycles. The fourth-order valence-electron chi connectivity index (χ4n) is 13.7. The summed E-state index contributed by atoms with van der Waals surface area (Å²) >= 11 is 0. The summed E-state index contributed by atoms with van der Waals surface area (Å²) in [4.78, 5) is 57.9. The summed E-state index contributed by atoms with van der Waals surface area (Å²) < 4.78 is 43.1. The van der Waals surface area contributed by atoms with Crippen LogP contribution in [0.2, 0.25) is 0 Å². The molecule has 4 aromatic carbocycles. The van der Waals surface area contributed by atoms with E-state index in [1.165, 1.54) is 7.11 Å². The predicted octanol–water partition coefficient (Wildman–Crippen LogP) is 9.66. The number of hydrogen-bond acceptors (Lipinski definition) is 10. The molecule has 14 rings (SSSR count). The first kappa shape index (κ1) is 47.4. The fourth-order valence-corrected chi connectivity index (χ4v) is 13.7. The molecule has 9 heterocycles. The number of nitrogens with zero attached hydrogens (tertiary/aromatic N) is 6. The molecule has 3 amide bonds. The molecular formula is C61H62FN7O7. The highest BCUT2D eigenvalue weighted by atomic mass is 19.1. The summed E-state index contributed by atoms with van der Waals surface area (Å²) in [5, 5.41) is 3.79. The minimum Gasteiger partial charge on any atom is -0.493 e. The molecule has 1 aromatic heterocycles. The Morgan fingerprint density at radius 2 is 1.58 bits per heavy atom. The SMILES string of the molecule is COC(=O)N[C@H](C(=O)N1CCC[C@H]1C1=NC=C(c2cc(F)c3c(c2)OC(c2ccc4c(c2)OCCC4)n2c-3cc3cc(C4=CN=C([C@@H]5C[C@H]6C[C@H]6N5C(=O)[C@@H](c5ccccc5)N5CCC5)C4)ccc32)C1)C1CCOCC1. The zero-order valence-corrected chi connectivity index (χ0v) is 42.8. The molecule has 76 heavy (non-hydrogen) atoms. The van der Waals surface area contributed by atoms with Crippen LogP contribution in [-0.4, -0.2) is 119 Å². The fraction of sp³-hybridized carbons (Fsp3) is 0.426. The maximum atomic E-state index is 17.2. The normalized spacial score (nSPS) is 25.4. The molecule has 5 fully saturated rings. The van der Waals surface area contributed by atoms with Crippen LogP contribution < -0.4 is 14.8 Å². The molecule has 0 bridgehead atoms. The van der Waals surface area contributed by atoms with Crippen molar-refractivity contribution in [3.05, 3.63) is 131 Å². The Balaban J connectivity index is 0.742. The number of piperidine rings is 1. The van der Waals surface area contributed by atoms with Crippen molar-refractivity contribution < 1.29 is 37.7 Å². The number of methoxy groups -OCH3 is 1. The topological polar surface area (TPSA) is 140 Å². The summed E-state index contributed by atoms with van der Waals surface area (Å²) in [6.45, 7) is 4.13. The van der Waals surface area contributed by atoms with Crippen LogP contribution in [0.4, 0.5) is 9.18 Å². The van der Waals surface area contributed by atoms with Gasteiger partial charge in [-0.15, -0.1) is 0 Å². The first-order valence-corrected chi connectivity index (χ1v) is 27.5. The second-order valence-electron chi connectivity index (χ2n) is 22.2. The largest absolute Gasteiger partial charge is 0.493 e. The van der Waals surface area contributed by atoms with Gasteiger partial charge < -0.3 is 38.6 Å². The standard InChI is InChI=1S/C61H62FN7O7/c1-73-61(72)65-56(36-16-22-74-23-17-36)58(70)67-20-5-11-49(67)46-27-44(34-63-46)40-25-45(62)55-52-30-41-24-38(14-15-48(41)69(52)60(76-54(55)32-40)39-13-12-35-10-6-21-75-53(35)31-39)43-26-47(64-33-43)51-29-42-28-50(42)68(51)59(71)57(66-18-7-19-66)37-8-3-2-4-9-37/h2-4,8-9,12-15,24-25,30-34,36,42,49-51,56-57,60H,5-7,10-11,16-23,26-29H2,1H3,(H,65,72)/t42-,49+,50-,51+,56+,57-,60?/m1/s1. The van der Waals surface area contributed by atoms with Crippen molar-refractivity contribution in [2.45, 2.75) is 107 Å². The van der Waals surface area contributed by atoms with E-state index in [0.29, 0.717) is 80.5 Å². The second kappa shape index (κ2) is 19.2. The second-order valence-corrected chi connectivity index (χ2v) is 22.2. The minimum absolute atomic E-state index is 0.0255. The van der Waals surface area contributed by atoms with E-state index in [1.54, 1.807) is 12.3 Å². The summed E-state index contributed by atoms with van der Waals surface area (Å²) in [6, 6.07) is 27.6. The monoisotopic (exact) mass is 1020 g/mol. The van der Waals surface area contributed by atoms with E-state index < -0.39 is 24.2 Å². The van der Waals surface area contributed by atoms with Crippen LogP contribution in [0.5, 0.6) is 11.5 Å². The number of nitrogens with one attached hydrogen (secondary N) is 1. The lowest BCUT2D eigenvalue weighted by molar-refractivity contribution is -0.140. The van der Waals surface area contributed by atoms with E-state index in [0.717, 1.165) is 120 Å². The van der Waals surface area contributed by atoms with Crippen LogP contribution in [0.3, 0.4) is 0 Å². The van der Waals surface area contributed by atoms with Crippen LogP contribution >= 0.6 is 0 Å². The van der Waals surface area contributed by atoms with Crippen LogP contribution in [0.1, 0.15) is 104 Å². The maximum Gasteiger partial charge on any atom is 0.407 e. The molecule has 0 spiro atoms. The van der Waals surface area contributed by atoms with Gasteiger partial charge in [-0.1, -0.05) is 48.5 Å². The van der Waals surface area contributed by atoms with Crippen LogP contribution in [0, 0.1) is 17.7 Å². The molecule has 1 N–H and O–H groups in total. The summed E-state index contributed by atoms with van der Waals surface area (Å²) in [6.07, 6.45) is 11.5. The van der Waals surface area contributed by atoms with E-state index >= 15 is 4.39 Å². The van der Waals surface area contributed by atoms with Gasteiger partial charge in [-0.25, -0.2) is 9.18 Å². The Labute approximate surface area is 441 Å². The van der Waals surface area contributed by atoms with Crippen molar-refractivity contribution in [1.29, 1.82) is 0 Å². The molecule has 15 heteroatoms. The average Bonchev–Trinajstić information content (AvgIpc) is 4.18. The summed E-state index contributed by atoms with van der Waals surface area (Å²) in [5.41, 5.74) is 10.7. The number of benzene rings is 4. The molecule has 0 radical (unpaired) electrons. The predicted molar refractivity (Wildman–Crippen MR) is 287 cm³/mol. The molecular weight excluding hydrogens is 962 g/mol. The quantitative estimate of drug-likeness (QED) is 0.138. The van der Waals surface area contributed by atoms with Crippen LogP contribution in [0.15, 0.2) is 107 Å². The van der Waals surface area contributed by atoms with Gasteiger partial charge in [-0.3, -0.25) is 24.5 Å².